The summed E-state index contributed by atoms with van der Waals surface area (Å²) in [6.07, 6.45) is 0.882. The van der Waals surface area contributed by atoms with Crippen LogP contribution < -0.4 is 4.74 Å². The molecule has 0 atom stereocenters. The largest absolute Gasteiger partial charge is 0.565 e. The molecule has 0 heterocycles. The second-order valence-corrected chi connectivity index (χ2v) is 2.77. The Bertz CT molecular complexity index is 294. The van der Waals surface area contributed by atoms with Crippen LogP contribution in [-0.2, 0) is 11.2 Å². The Morgan fingerprint density at radius 2 is 2.31 bits per heavy atom. The molecule has 0 amide bonds. The van der Waals surface area contributed by atoms with Crippen LogP contribution in [0.15, 0.2) is 24.3 Å². The first kappa shape index (κ1) is 9.58. The Morgan fingerprint density at radius 1 is 1.54 bits per heavy atom. The van der Waals surface area contributed by atoms with Gasteiger partial charge in [0.1, 0.15) is 12.2 Å². The lowest BCUT2D eigenvalue weighted by molar-refractivity contribution is -0.136. The van der Waals surface area contributed by atoms with Gasteiger partial charge in [0.2, 0.25) is 0 Å². The van der Waals surface area contributed by atoms with Gasteiger partial charge in [-0.2, -0.15) is 0 Å². The highest BCUT2D eigenvalue weighted by Gasteiger charge is 2.05. The third-order valence-corrected chi connectivity index (χ3v) is 1.77. The molecule has 0 saturated carbocycles. The van der Waals surface area contributed by atoms with Gasteiger partial charge in [0.15, 0.2) is 0 Å². The van der Waals surface area contributed by atoms with Crippen LogP contribution in [0.25, 0.3) is 0 Å². The highest BCUT2D eigenvalue weighted by molar-refractivity contribution is 5.67. The van der Waals surface area contributed by atoms with Gasteiger partial charge in [-0.3, -0.25) is 0 Å². The quantitative estimate of drug-likeness (QED) is 0.647. The van der Waals surface area contributed by atoms with Gasteiger partial charge < -0.3 is 9.84 Å². The van der Waals surface area contributed by atoms with Crippen LogP contribution in [0.2, 0.25) is 0 Å². The Hall–Kier alpha value is -1.51. The normalized spacial score (nSPS) is 9.62. The average molecular weight is 181 g/mol. The summed E-state index contributed by atoms with van der Waals surface area (Å²) in [5.74, 6) is 0.262. The summed E-state index contributed by atoms with van der Waals surface area (Å²) in [5, 5.41) is 6.76. The number of carbonyl (C=O) groups is 1. The molecule has 0 aliphatic rings. The van der Waals surface area contributed by atoms with E-state index in [9.17, 15) is 4.79 Å². The number of hydrogen-bond donors (Lipinski definition) is 0. The van der Waals surface area contributed by atoms with E-state index in [1.54, 1.807) is 7.11 Å². The molecule has 3 nitrogen and oxygen atoms in total. The summed E-state index contributed by atoms with van der Waals surface area (Å²) in [4.78, 5) is 10.4. The molecule has 0 bridgehead atoms. The summed E-state index contributed by atoms with van der Waals surface area (Å²) in [6, 6.07) is 7.53. The van der Waals surface area contributed by atoms with Crippen molar-refractivity contribution in [2.45, 2.75) is 12.8 Å². The molecule has 0 saturated heterocycles. The van der Waals surface area contributed by atoms with Crippen LogP contribution in [0.1, 0.15) is 12.0 Å². The zero-order valence-electron chi connectivity index (χ0n) is 7.54. The second kappa shape index (κ2) is 4.50. The third kappa shape index (κ3) is 3.15. The number of rotatable bonds is 4. The van der Waals surface area contributed by atoms with E-state index in [-0.39, 0.29) is 6.42 Å². The standard InChI is InChI=1S/C10H12O3/c1-13-9-4-2-3-8(7-9)5-6-10(11)12/h2-4,7H,5-6H2,1H3,(H,11,12)/p+1. The summed E-state index contributed by atoms with van der Waals surface area (Å²) in [6.45, 7) is 0. The van der Waals surface area contributed by atoms with E-state index < -0.39 is 5.97 Å². The lowest BCUT2D eigenvalue weighted by atomic mass is 10.1. The lowest BCUT2D eigenvalue weighted by Crippen LogP contribution is -1.97. The van der Waals surface area contributed by atoms with E-state index in [4.69, 9.17) is 9.84 Å². The Morgan fingerprint density at radius 3 is 2.92 bits per heavy atom. The van der Waals surface area contributed by atoms with E-state index in [0.29, 0.717) is 6.42 Å². The zero-order chi connectivity index (χ0) is 9.68. The fraction of sp³-hybridized carbons (Fsp3) is 0.300. The maximum absolute atomic E-state index is 10.4. The minimum atomic E-state index is -0.525. The number of carbonyl (C=O) groups excluding carboxylic acids is 1. The van der Waals surface area contributed by atoms with Crippen molar-refractivity contribution in [3.8, 4) is 5.75 Å². The van der Waals surface area contributed by atoms with Crippen LogP contribution in [0, 0.1) is 0 Å². The van der Waals surface area contributed by atoms with Crippen molar-refractivity contribution in [1.29, 1.82) is 0 Å². The first-order chi connectivity index (χ1) is 6.22. The fourth-order valence-corrected chi connectivity index (χ4v) is 1.09. The minimum Gasteiger partial charge on any atom is -0.565 e. The Balaban J connectivity index is 2.61. The van der Waals surface area contributed by atoms with Gasteiger partial charge >= 0.3 is 5.97 Å². The van der Waals surface area contributed by atoms with Gasteiger partial charge in [0, 0.05) is 4.79 Å². The predicted octanol–water partition coefficient (Wildman–Crippen LogP) is 0.879. The van der Waals surface area contributed by atoms with Gasteiger partial charge in [-0.05, 0) is 24.1 Å². The van der Waals surface area contributed by atoms with E-state index in [2.05, 4.69) is 0 Å². The van der Waals surface area contributed by atoms with Crippen molar-refractivity contribution in [2.24, 2.45) is 0 Å². The van der Waals surface area contributed by atoms with Gasteiger partial charge in [-0.25, -0.2) is 0 Å². The molecule has 0 aliphatic heterocycles. The third-order valence-electron chi connectivity index (χ3n) is 1.77. The second-order valence-electron chi connectivity index (χ2n) is 2.77. The number of ether oxygens (including phenoxy) is 1. The molecular weight excluding hydrogens is 168 g/mol. The summed E-state index contributed by atoms with van der Waals surface area (Å²) in [5.41, 5.74) is 1.03. The number of methoxy groups -OCH3 is 1. The van der Waals surface area contributed by atoms with Gasteiger partial charge in [-0.1, -0.05) is 12.1 Å². The highest BCUT2D eigenvalue weighted by atomic mass is 16.5. The molecule has 1 aromatic rings. The zero-order valence-corrected chi connectivity index (χ0v) is 7.54. The molecule has 1 rings (SSSR count). The molecule has 0 unspecified atom stereocenters. The van der Waals surface area contributed by atoms with E-state index in [1.807, 2.05) is 24.3 Å². The molecule has 0 aliphatic carbocycles. The lowest BCUT2D eigenvalue weighted by Gasteiger charge is -2.01. The molecule has 0 radical (unpaired) electrons. The molecule has 2 N–H and O–H groups in total. The summed E-state index contributed by atoms with van der Waals surface area (Å²) >= 11 is 0. The van der Waals surface area contributed by atoms with Crippen molar-refractivity contribution >= 4 is 5.97 Å². The fourth-order valence-electron chi connectivity index (χ4n) is 1.09. The SMILES string of the molecule is COc1cccc(CCC(=O)[OH2+])c1. The molecule has 13 heavy (non-hydrogen) atoms. The van der Waals surface area contributed by atoms with Crippen molar-refractivity contribution in [1.82, 2.24) is 0 Å². The van der Waals surface area contributed by atoms with Crippen molar-refractivity contribution in [2.75, 3.05) is 7.11 Å². The predicted molar refractivity (Wildman–Crippen MR) is 49.9 cm³/mol. The highest BCUT2D eigenvalue weighted by Crippen LogP contribution is 2.13. The number of hydrogen-bond acceptors (Lipinski definition) is 2. The average Bonchev–Trinajstić information content (AvgIpc) is 2.15. The molecule has 1 aromatic carbocycles. The maximum atomic E-state index is 10.4. The van der Waals surface area contributed by atoms with E-state index >= 15 is 0 Å². The smallest absolute Gasteiger partial charge is 0.516 e. The van der Waals surface area contributed by atoms with Crippen molar-refractivity contribution in [3.63, 3.8) is 0 Å². The molecular formula is C10H13O3+. The van der Waals surface area contributed by atoms with E-state index in [1.165, 1.54) is 0 Å². The van der Waals surface area contributed by atoms with Gasteiger partial charge in [0.05, 0.1) is 7.11 Å². The number of benzene rings is 1. The summed E-state index contributed by atoms with van der Waals surface area (Å²) in [7, 11) is 1.61. The van der Waals surface area contributed by atoms with Crippen LogP contribution in [0.4, 0.5) is 0 Å². The minimum absolute atomic E-state index is 0.271. The number of aryl methyl sites for hydroxylation is 1. The van der Waals surface area contributed by atoms with Crippen LogP contribution >= 0.6 is 0 Å². The maximum Gasteiger partial charge on any atom is 0.516 e. The van der Waals surface area contributed by atoms with Crippen molar-refractivity contribution < 1.29 is 14.6 Å². The molecule has 0 fully saturated rings. The first-order valence-corrected chi connectivity index (χ1v) is 4.09. The molecule has 3 heteroatoms. The van der Waals surface area contributed by atoms with E-state index in [0.717, 1.165) is 11.3 Å². The van der Waals surface area contributed by atoms with Gasteiger partial charge in [0.25, 0.3) is 0 Å². The monoisotopic (exact) mass is 181 g/mol. The topological polar surface area (TPSA) is 49.2 Å². The van der Waals surface area contributed by atoms with Gasteiger partial charge in [-0.15, -0.1) is 0 Å². The Labute approximate surface area is 77.0 Å². The van der Waals surface area contributed by atoms with Crippen molar-refractivity contribution in [3.05, 3.63) is 29.8 Å². The van der Waals surface area contributed by atoms with Crippen LogP contribution in [0.5, 0.6) is 5.75 Å². The molecule has 70 valence electrons. The molecule has 0 aromatic heterocycles. The summed E-state index contributed by atoms with van der Waals surface area (Å²) < 4.78 is 5.03. The van der Waals surface area contributed by atoms with Crippen LogP contribution in [0.3, 0.4) is 0 Å². The first-order valence-electron chi connectivity index (χ1n) is 4.09. The Kier molecular flexibility index (Phi) is 3.31. The molecule has 0 spiro atoms. The van der Waals surface area contributed by atoms with Crippen LogP contribution in [-0.4, -0.2) is 18.2 Å².